The molecule has 88 valence electrons. The van der Waals surface area contributed by atoms with Crippen LogP contribution in [0.15, 0.2) is 18.2 Å². The fraction of sp³-hybridized carbons (Fsp3) is 0.462. The van der Waals surface area contributed by atoms with Crippen molar-refractivity contribution in [3.8, 4) is 5.75 Å². The average Bonchev–Trinajstić information content (AvgIpc) is 2.23. The molecule has 0 heterocycles. The highest BCUT2D eigenvalue weighted by Gasteiger charge is 2.12. The molecule has 0 amide bonds. The maximum atomic E-state index is 11.3. The molecule has 0 N–H and O–H groups in total. The Labute approximate surface area is 105 Å². The molecule has 0 aliphatic carbocycles. The number of rotatable bonds is 5. The van der Waals surface area contributed by atoms with Gasteiger partial charge in [-0.3, -0.25) is 4.79 Å². The number of para-hydroxylation sites is 1. The third kappa shape index (κ3) is 3.63. The zero-order chi connectivity index (χ0) is 12.1. The molecule has 16 heavy (non-hydrogen) atoms. The second-order valence-corrected chi connectivity index (χ2v) is 4.59. The van der Waals surface area contributed by atoms with Gasteiger partial charge in [0.1, 0.15) is 17.6 Å². The highest BCUT2D eigenvalue weighted by atomic mass is 79.9. The quantitative estimate of drug-likeness (QED) is 0.775. The molecule has 0 bridgehead atoms. The van der Waals surface area contributed by atoms with Gasteiger partial charge in [0, 0.05) is 6.42 Å². The number of aryl methyl sites for hydroxylation is 2. The molecule has 1 unspecified atom stereocenters. The Morgan fingerprint density at radius 1 is 1.38 bits per heavy atom. The lowest BCUT2D eigenvalue weighted by Gasteiger charge is -2.17. The molecule has 3 heteroatoms. The van der Waals surface area contributed by atoms with Crippen molar-refractivity contribution in [2.24, 2.45) is 0 Å². The number of benzene rings is 1. The minimum atomic E-state index is -0.0788. The largest absolute Gasteiger partial charge is 0.490 e. The summed E-state index contributed by atoms with van der Waals surface area (Å²) in [5, 5.41) is 0.396. The Hall–Kier alpha value is -0.830. The second-order valence-electron chi connectivity index (χ2n) is 4.03. The van der Waals surface area contributed by atoms with Gasteiger partial charge in [0.05, 0.1) is 5.33 Å². The Balaban J connectivity index is 2.69. The van der Waals surface area contributed by atoms with Crippen molar-refractivity contribution < 1.29 is 9.53 Å². The molecular weight excluding hydrogens is 268 g/mol. The lowest BCUT2D eigenvalue weighted by Crippen LogP contribution is -2.18. The monoisotopic (exact) mass is 284 g/mol. The van der Waals surface area contributed by atoms with E-state index in [1.807, 2.05) is 39.0 Å². The summed E-state index contributed by atoms with van der Waals surface area (Å²) >= 11 is 3.15. The van der Waals surface area contributed by atoms with Crippen LogP contribution in [0.25, 0.3) is 0 Å². The van der Waals surface area contributed by atoms with E-state index in [9.17, 15) is 4.79 Å². The first-order valence-corrected chi connectivity index (χ1v) is 6.47. The topological polar surface area (TPSA) is 26.3 Å². The molecule has 1 aromatic rings. The van der Waals surface area contributed by atoms with Gasteiger partial charge in [0.15, 0.2) is 0 Å². The number of halogens is 1. The lowest BCUT2D eigenvalue weighted by atomic mass is 10.1. The van der Waals surface area contributed by atoms with Gasteiger partial charge in [-0.1, -0.05) is 34.1 Å². The molecule has 0 saturated carbocycles. The molecule has 0 spiro atoms. The van der Waals surface area contributed by atoms with Gasteiger partial charge in [-0.15, -0.1) is 0 Å². The first-order valence-electron chi connectivity index (χ1n) is 5.35. The van der Waals surface area contributed by atoms with E-state index >= 15 is 0 Å². The summed E-state index contributed by atoms with van der Waals surface area (Å²) in [6.45, 7) is 5.95. The molecular formula is C13H17BrO2. The van der Waals surface area contributed by atoms with Crippen LogP contribution >= 0.6 is 15.9 Å². The SMILES string of the molecule is Cc1cccc(C)c1OC(C)CC(=O)CBr. The van der Waals surface area contributed by atoms with Crippen LogP contribution in [-0.2, 0) is 4.79 Å². The van der Waals surface area contributed by atoms with Crippen molar-refractivity contribution in [2.75, 3.05) is 5.33 Å². The number of ether oxygens (including phenoxy) is 1. The number of hydrogen-bond donors (Lipinski definition) is 0. The fourth-order valence-electron chi connectivity index (χ4n) is 1.60. The van der Waals surface area contributed by atoms with Crippen molar-refractivity contribution >= 4 is 21.7 Å². The van der Waals surface area contributed by atoms with Gasteiger partial charge in [0.25, 0.3) is 0 Å². The summed E-state index contributed by atoms with van der Waals surface area (Å²) in [4.78, 5) is 11.3. The molecule has 2 nitrogen and oxygen atoms in total. The van der Waals surface area contributed by atoms with Gasteiger partial charge in [-0.2, -0.15) is 0 Å². The molecule has 1 aromatic carbocycles. The maximum Gasteiger partial charge on any atom is 0.147 e. The molecule has 0 aliphatic rings. The van der Waals surface area contributed by atoms with E-state index < -0.39 is 0 Å². The summed E-state index contributed by atoms with van der Waals surface area (Å²) in [7, 11) is 0. The molecule has 0 saturated heterocycles. The third-order valence-electron chi connectivity index (χ3n) is 2.39. The zero-order valence-corrected chi connectivity index (χ0v) is 11.5. The first kappa shape index (κ1) is 13.2. The summed E-state index contributed by atoms with van der Waals surface area (Å²) in [5.74, 6) is 1.07. The Kier molecular flexibility index (Phi) is 5.00. The summed E-state index contributed by atoms with van der Waals surface area (Å²) < 4.78 is 5.81. The summed E-state index contributed by atoms with van der Waals surface area (Å²) in [5.41, 5.74) is 2.22. The average molecular weight is 285 g/mol. The molecule has 0 fully saturated rings. The highest BCUT2D eigenvalue weighted by molar-refractivity contribution is 9.09. The van der Waals surface area contributed by atoms with Crippen LogP contribution in [0, 0.1) is 13.8 Å². The standard InChI is InChI=1S/C13H17BrO2/c1-9-5-4-6-10(2)13(9)16-11(3)7-12(15)8-14/h4-6,11H,7-8H2,1-3H3. The zero-order valence-electron chi connectivity index (χ0n) is 9.92. The van der Waals surface area contributed by atoms with Gasteiger partial charge in [0.2, 0.25) is 0 Å². The number of Topliss-reactive ketones (excluding diaryl/α,β-unsaturated/α-hetero) is 1. The van der Waals surface area contributed by atoms with Crippen LogP contribution in [0.3, 0.4) is 0 Å². The molecule has 1 atom stereocenters. The van der Waals surface area contributed by atoms with Gasteiger partial charge >= 0.3 is 0 Å². The van der Waals surface area contributed by atoms with E-state index in [2.05, 4.69) is 15.9 Å². The Bertz CT molecular complexity index is 354. The van der Waals surface area contributed by atoms with Crippen molar-refractivity contribution in [1.82, 2.24) is 0 Å². The normalized spacial score (nSPS) is 12.2. The van der Waals surface area contributed by atoms with Crippen LogP contribution in [-0.4, -0.2) is 17.2 Å². The van der Waals surface area contributed by atoms with Crippen molar-refractivity contribution in [2.45, 2.75) is 33.3 Å². The molecule has 1 rings (SSSR count). The van der Waals surface area contributed by atoms with Crippen LogP contribution in [0.5, 0.6) is 5.75 Å². The van der Waals surface area contributed by atoms with Crippen LogP contribution in [0.4, 0.5) is 0 Å². The molecule has 0 aromatic heterocycles. The number of ketones is 1. The second kappa shape index (κ2) is 6.04. The third-order valence-corrected chi connectivity index (χ3v) is 3.02. The first-order chi connectivity index (χ1) is 7.54. The number of alkyl halides is 1. The highest BCUT2D eigenvalue weighted by Crippen LogP contribution is 2.24. The number of carbonyl (C=O) groups is 1. The van der Waals surface area contributed by atoms with Crippen molar-refractivity contribution in [1.29, 1.82) is 0 Å². The molecule has 0 aliphatic heterocycles. The maximum absolute atomic E-state index is 11.3. The number of carbonyl (C=O) groups excluding carboxylic acids is 1. The van der Waals surface area contributed by atoms with E-state index in [4.69, 9.17) is 4.74 Å². The van der Waals surface area contributed by atoms with Crippen molar-refractivity contribution in [3.05, 3.63) is 29.3 Å². The van der Waals surface area contributed by atoms with E-state index in [0.717, 1.165) is 16.9 Å². The van der Waals surface area contributed by atoms with Gasteiger partial charge in [-0.25, -0.2) is 0 Å². The van der Waals surface area contributed by atoms with Crippen LogP contribution < -0.4 is 4.74 Å². The predicted molar refractivity (Wildman–Crippen MR) is 69.4 cm³/mol. The van der Waals surface area contributed by atoms with Gasteiger partial charge in [-0.05, 0) is 31.9 Å². The van der Waals surface area contributed by atoms with Gasteiger partial charge < -0.3 is 4.74 Å². The smallest absolute Gasteiger partial charge is 0.147 e. The lowest BCUT2D eigenvalue weighted by molar-refractivity contribution is -0.117. The Morgan fingerprint density at radius 2 is 1.94 bits per heavy atom. The van der Waals surface area contributed by atoms with E-state index in [-0.39, 0.29) is 11.9 Å². The minimum Gasteiger partial charge on any atom is -0.490 e. The summed E-state index contributed by atoms with van der Waals surface area (Å²) in [6.07, 6.45) is 0.365. The fourth-order valence-corrected chi connectivity index (χ4v) is 1.83. The van der Waals surface area contributed by atoms with Crippen molar-refractivity contribution in [3.63, 3.8) is 0 Å². The number of hydrogen-bond acceptors (Lipinski definition) is 2. The van der Waals surface area contributed by atoms with E-state index in [0.29, 0.717) is 11.8 Å². The summed E-state index contributed by atoms with van der Waals surface area (Å²) in [6, 6.07) is 6.04. The van der Waals surface area contributed by atoms with Crippen LogP contribution in [0.2, 0.25) is 0 Å². The van der Waals surface area contributed by atoms with E-state index in [1.165, 1.54) is 0 Å². The van der Waals surface area contributed by atoms with Crippen LogP contribution in [0.1, 0.15) is 24.5 Å². The predicted octanol–water partition coefficient (Wildman–Crippen LogP) is 3.42. The molecule has 0 radical (unpaired) electrons. The minimum absolute atomic E-state index is 0.0788. The van der Waals surface area contributed by atoms with E-state index in [1.54, 1.807) is 0 Å². The Morgan fingerprint density at radius 3 is 2.44 bits per heavy atom.